The van der Waals surface area contributed by atoms with Crippen molar-refractivity contribution < 1.29 is 18.4 Å². The number of likely N-dealkylation sites (N-methyl/N-ethyl adjacent to an activating group) is 1. The molecule has 3 N–H and O–H groups in total. The van der Waals surface area contributed by atoms with E-state index in [1.807, 2.05) is 6.07 Å². The number of rotatable bonds is 6. The molecule has 1 fully saturated rings. The summed E-state index contributed by atoms with van der Waals surface area (Å²) in [5, 5.41) is 13.4. The standard InChI is InChI=1S/C27H26F2N6O2/c1-34-10-12-35(13-11-34)20-6-2-17(3-7-20)27-21-8-4-19(15-24(21)32-33-27)31-26(37)16-25(36)30-18-5-9-22(28)23(29)14-18/h2-9,14-15H,10-13,16H2,1H3,(H,30,36)(H,31,37)(H,32,33). The second-order valence-electron chi connectivity index (χ2n) is 9.07. The molecule has 4 aromatic rings. The number of amides is 2. The molecule has 0 spiro atoms. The Kier molecular flexibility index (Phi) is 6.82. The predicted octanol–water partition coefficient (Wildman–Crippen LogP) is 4.23. The average Bonchev–Trinajstić information content (AvgIpc) is 3.30. The number of carbonyl (C=O) groups excluding carboxylic acids is 2. The monoisotopic (exact) mass is 504 g/mol. The molecule has 1 aromatic heterocycles. The van der Waals surface area contributed by atoms with Crippen molar-refractivity contribution in [3.05, 3.63) is 72.3 Å². The highest BCUT2D eigenvalue weighted by Crippen LogP contribution is 2.30. The zero-order valence-electron chi connectivity index (χ0n) is 20.2. The molecule has 37 heavy (non-hydrogen) atoms. The quantitative estimate of drug-likeness (QED) is 0.342. The maximum absolute atomic E-state index is 13.3. The summed E-state index contributed by atoms with van der Waals surface area (Å²) in [6, 6.07) is 16.7. The molecule has 8 nitrogen and oxygen atoms in total. The molecule has 2 heterocycles. The molecular formula is C27H26F2N6O2. The third kappa shape index (κ3) is 5.59. The number of aromatic amines is 1. The first-order valence-electron chi connectivity index (χ1n) is 11.9. The molecule has 190 valence electrons. The van der Waals surface area contributed by atoms with Crippen molar-refractivity contribution in [1.82, 2.24) is 15.1 Å². The minimum absolute atomic E-state index is 0.0691. The van der Waals surface area contributed by atoms with Crippen LogP contribution in [-0.4, -0.2) is 60.1 Å². The van der Waals surface area contributed by atoms with Crippen LogP contribution in [0.4, 0.5) is 25.8 Å². The number of carbonyl (C=O) groups is 2. The first-order valence-corrected chi connectivity index (χ1v) is 11.9. The van der Waals surface area contributed by atoms with Gasteiger partial charge < -0.3 is 20.4 Å². The number of piperazine rings is 1. The fraction of sp³-hybridized carbons (Fsp3) is 0.222. The number of aromatic nitrogens is 2. The minimum Gasteiger partial charge on any atom is -0.369 e. The molecule has 1 aliphatic heterocycles. The Hall–Kier alpha value is -4.31. The van der Waals surface area contributed by atoms with Gasteiger partial charge >= 0.3 is 0 Å². The van der Waals surface area contributed by atoms with Crippen LogP contribution in [0.1, 0.15) is 6.42 Å². The zero-order chi connectivity index (χ0) is 25.9. The summed E-state index contributed by atoms with van der Waals surface area (Å²) < 4.78 is 26.3. The van der Waals surface area contributed by atoms with E-state index in [9.17, 15) is 18.4 Å². The molecule has 2 amide bonds. The van der Waals surface area contributed by atoms with Gasteiger partial charge in [-0.15, -0.1) is 0 Å². The summed E-state index contributed by atoms with van der Waals surface area (Å²) in [5.41, 5.74) is 4.29. The van der Waals surface area contributed by atoms with E-state index in [-0.39, 0.29) is 5.69 Å². The van der Waals surface area contributed by atoms with Crippen LogP contribution in [0.2, 0.25) is 0 Å². The van der Waals surface area contributed by atoms with E-state index >= 15 is 0 Å². The van der Waals surface area contributed by atoms with Gasteiger partial charge in [-0.05, 0) is 49.5 Å². The van der Waals surface area contributed by atoms with Crippen LogP contribution >= 0.6 is 0 Å². The largest absolute Gasteiger partial charge is 0.369 e. The number of benzene rings is 3. The normalized spacial score (nSPS) is 14.1. The Labute approximate surface area is 212 Å². The van der Waals surface area contributed by atoms with Crippen LogP contribution in [0, 0.1) is 11.6 Å². The number of nitrogens with zero attached hydrogens (tertiary/aromatic N) is 3. The van der Waals surface area contributed by atoms with E-state index in [1.165, 1.54) is 11.8 Å². The molecule has 10 heteroatoms. The number of hydrogen-bond donors (Lipinski definition) is 3. The summed E-state index contributed by atoms with van der Waals surface area (Å²) in [7, 11) is 2.14. The summed E-state index contributed by atoms with van der Waals surface area (Å²) in [5.74, 6) is -3.29. The molecule has 0 saturated carbocycles. The topological polar surface area (TPSA) is 93.4 Å². The highest BCUT2D eigenvalue weighted by molar-refractivity contribution is 6.08. The summed E-state index contributed by atoms with van der Waals surface area (Å²) in [6.07, 6.45) is -0.481. The number of nitrogens with one attached hydrogen (secondary N) is 3. The van der Waals surface area contributed by atoms with Gasteiger partial charge in [0.1, 0.15) is 6.42 Å². The summed E-state index contributed by atoms with van der Waals surface area (Å²) in [4.78, 5) is 29.1. The van der Waals surface area contributed by atoms with Crippen LogP contribution in [0.25, 0.3) is 22.2 Å². The average molecular weight is 505 g/mol. The van der Waals surface area contributed by atoms with Crippen LogP contribution < -0.4 is 15.5 Å². The lowest BCUT2D eigenvalue weighted by atomic mass is 10.1. The van der Waals surface area contributed by atoms with Gasteiger partial charge in [0.05, 0.1) is 11.2 Å². The summed E-state index contributed by atoms with van der Waals surface area (Å²) >= 11 is 0. The Morgan fingerprint density at radius 3 is 2.19 bits per heavy atom. The van der Waals surface area contributed by atoms with Crippen molar-refractivity contribution >= 4 is 39.8 Å². The maximum Gasteiger partial charge on any atom is 0.233 e. The zero-order valence-corrected chi connectivity index (χ0v) is 20.2. The van der Waals surface area contributed by atoms with Crippen molar-refractivity contribution in [2.75, 3.05) is 48.8 Å². The number of anilines is 3. The SMILES string of the molecule is CN1CCN(c2ccc(-c3n[nH]c4cc(NC(=O)CC(=O)Nc5ccc(F)c(F)c5)ccc34)cc2)CC1. The van der Waals surface area contributed by atoms with Crippen LogP contribution in [0.3, 0.4) is 0 Å². The van der Waals surface area contributed by atoms with E-state index in [2.05, 4.69) is 61.9 Å². The first-order chi connectivity index (χ1) is 17.9. The van der Waals surface area contributed by atoms with Gasteiger partial charge in [-0.25, -0.2) is 8.78 Å². The molecule has 1 aliphatic rings. The van der Waals surface area contributed by atoms with Crippen molar-refractivity contribution in [2.45, 2.75) is 6.42 Å². The molecule has 0 unspecified atom stereocenters. The van der Waals surface area contributed by atoms with Gasteiger partial charge in [0.2, 0.25) is 11.8 Å². The molecule has 0 atom stereocenters. The van der Waals surface area contributed by atoms with Crippen molar-refractivity contribution in [3.8, 4) is 11.3 Å². The fourth-order valence-corrected chi connectivity index (χ4v) is 4.34. The Morgan fingerprint density at radius 2 is 1.51 bits per heavy atom. The highest BCUT2D eigenvalue weighted by Gasteiger charge is 2.16. The smallest absolute Gasteiger partial charge is 0.233 e. The van der Waals surface area contributed by atoms with E-state index in [1.54, 1.807) is 12.1 Å². The molecule has 1 saturated heterocycles. The molecular weight excluding hydrogens is 478 g/mol. The molecule has 0 aliphatic carbocycles. The second-order valence-corrected chi connectivity index (χ2v) is 9.07. The van der Waals surface area contributed by atoms with Gasteiger partial charge in [0, 0.05) is 60.3 Å². The van der Waals surface area contributed by atoms with E-state index < -0.39 is 29.9 Å². The van der Waals surface area contributed by atoms with Gasteiger partial charge in [-0.2, -0.15) is 5.10 Å². The van der Waals surface area contributed by atoms with Crippen LogP contribution in [0.15, 0.2) is 60.7 Å². The van der Waals surface area contributed by atoms with Crippen LogP contribution in [-0.2, 0) is 9.59 Å². The van der Waals surface area contributed by atoms with Gasteiger partial charge in [-0.1, -0.05) is 12.1 Å². The molecule has 5 rings (SSSR count). The van der Waals surface area contributed by atoms with E-state index in [0.717, 1.165) is 60.5 Å². The Morgan fingerprint density at radius 1 is 0.865 bits per heavy atom. The first kappa shape index (κ1) is 24.4. The highest BCUT2D eigenvalue weighted by atomic mass is 19.2. The van der Waals surface area contributed by atoms with Crippen molar-refractivity contribution in [1.29, 1.82) is 0 Å². The summed E-state index contributed by atoms with van der Waals surface area (Å²) in [6.45, 7) is 4.09. The van der Waals surface area contributed by atoms with E-state index in [4.69, 9.17) is 0 Å². The third-order valence-electron chi connectivity index (χ3n) is 6.38. The lowest BCUT2D eigenvalue weighted by Gasteiger charge is -2.34. The number of halogens is 2. The third-order valence-corrected chi connectivity index (χ3v) is 6.38. The van der Waals surface area contributed by atoms with Crippen molar-refractivity contribution in [3.63, 3.8) is 0 Å². The lowest BCUT2D eigenvalue weighted by Crippen LogP contribution is -2.44. The Balaban J connectivity index is 1.22. The minimum atomic E-state index is -1.08. The predicted molar refractivity (Wildman–Crippen MR) is 139 cm³/mol. The van der Waals surface area contributed by atoms with Crippen molar-refractivity contribution in [2.24, 2.45) is 0 Å². The number of hydrogen-bond acceptors (Lipinski definition) is 5. The van der Waals surface area contributed by atoms with E-state index in [0.29, 0.717) is 5.69 Å². The molecule has 0 radical (unpaired) electrons. The number of H-pyrrole nitrogens is 1. The number of fused-ring (bicyclic) bond motifs is 1. The van der Waals surface area contributed by atoms with Crippen LogP contribution in [0.5, 0.6) is 0 Å². The van der Waals surface area contributed by atoms with Gasteiger partial charge in [0.25, 0.3) is 0 Å². The molecule has 3 aromatic carbocycles. The van der Waals surface area contributed by atoms with Gasteiger partial charge in [0.15, 0.2) is 11.6 Å². The Bertz CT molecular complexity index is 1450. The second kappa shape index (κ2) is 10.4. The molecule has 0 bridgehead atoms. The lowest BCUT2D eigenvalue weighted by molar-refractivity contribution is -0.123. The van der Waals surface area contributed by atoms with Gasteiger partial charge in [-0.3, -0.25) is 14.7 Å². The maximum atomic E-state index is 13.3. The fourth-order valence-electron chi connectivity index (χ4n) is 4.34.